The van der Waals surface area contributed by atoms with Crippen molar-refractivity contribution in [2.24, 2.45) is 0 Å². The molecule has 1 fully saturated rings. The van der Waals surface area contributed by atoms with Crippen LogP contribution >= 0.6 is 15.9 Å². The largest absolute Gasteiger partial charge is 0.313 e. The minimum absolute atomic E-state index is 0.140. The third kappa shape index (κ3) is 3.03. The van der Waals surface area contributed by atoms with Gasteiger partial charge in [-0.25, -0.2) is 4.39 Å². The van der Waals surface area contributed by atoms with Gasteiger partial charge in [-0.3, -0.25) is 4.90 Å². The lowest BCUT2D eigenvalue weighted by Gasteiger charge is -2.32. The first kappa shape index (κ1) is 12.5. The van der Waals surface area contributed by atoms with Crippen LogP contribution in [0.15, 0.2) is 22.7 Å². The van der Waals surface area contributed by atoms with Crippen LogP contribution in [0.1, 0.15) is 5.56 Å². The summed E-state index contributed by atoms with van der Waals surface area (Å²) in [7, 11) is 0. The van der Waals surface area contributed by atoms with E-state index in [4.69, 9.17) is 5.26 Å². The molecule has 1 atom stereocenters. The highest BCUT2D eigenvalue weighted by atomic mass is 79.9. The second-order valence-corrected chi connectivity index (χ2v) is 4.91. The van der Waals surface area contributed by atoms with Crippen LogP contribution in [0, 0.1) is 17.1 Å². The molecule has 0 aromatic heterocycles. The van der Waals surface area contributed by atoms with E-state index in [0.29, 0.717) is 13.1 Å². The van der Waals surface area contributed by atoms with E-state index in [9.17, 15) is 4.39 Å². The minimum atomic E-state index is -0.244. The summed E-state index contributed by atoms with van der Waals surface area (Å²) in [5, 5.41) is 12.2. The van der Waals surface area contributed by atoms with Crippen molar-refractivity contribution in [1.29, 1.82) is 5.26 Å². The maximum absolute atomic E-state index is 13.2. The molecule has 0 bridgehead atoms. The van der Waals surface area contributed by atoms with Crippen molar-refractivity contribution in [3.63, 3.8) is 0 Å². The number of rotatable bonds is 2. The molecule has 1 aromatic rings. The normalized spacial score (nSPS) is 21.1. The predicted molar refractivity (Wildman–Crippen MR) is 66.8 cm³/mol. The van der Waals surface area contributed by atoms with E-state index >= 15 is 0 Å². The van der Waals surface area contributed by atoms with Gasteiger partial charge in [0.05, 0.1) is 6.07 Å². The lowest BCUT2D eigenvalue weighted by molar-refractivity contribution is 0.189. The molecule has 0 radical (unpaired) electrons. The van der Waals surface area contributed by atoms with E-state index in [2.05, 4.69) is 32.2 Å². The van der Waals surface area contributed by atoms with E-state index in [-0.39, 0.29) is 11.9 Å². The smallest absolute Gasteiger partial charge is 0.123 e. The number of hydrogen-bond donors (Lipinski definition) is 1. The molecular formula is C12H13BrFN3. The molecule has 2 rings (SSSR count). The Morgan fingerprint density at radius 1 is 1.59 bits per heavy atom. The zero-order chi connectivity index (χ0) is 12.3. The highest BCUT2D eigenvalue weighted by Gasteiger charge is 2.22. The summed E-state index contributed by atoms with van der Waals surface area (Å²) in [6.45, 7) is 2.94. The van der Waals surface area contributed by atoms with Crippen LogP contribution in [0.3, 0.4) is 0 Å². The molecule has 1 aliphatic rings. The minimum Gasteiger partial charge on any atom is -0.313 e. The molecule has 1 unspecified atom stereocenters. The average Bonchev–Trinajstić information content (AvgIpc) is 2.34. The SMILES string of the molecule is N#CC1CNCCN1Cc1cc(F)ccc1Br. The summed E-state index contributed by atoms with van der Waals surface area (Å²) in [5.41, 5.74) is 0.882. The maximum Gasteiger partial charge on any atom is 0.123 e. The first-order chi connectivity index (χ1) is 8.20. The quantitative estimate of drug-likeness (QED) is 0.906. The fraction of sp³-hybridized carbons (Fsp3) is 0.417. The molecule has 90 valence electrons. The topological polar surface area (TPSA) is 39.1 Å². The van der Waals surface area contributed by atoms with Crippen LogP contribution in [0.25, 0.3) is 0 Å². The Morgan fingerprint density at radius 2 is 2.41 bits per heavy atom. The van der Waals surface area contributed by atoms with Gasteiger partial charge in [0.2, 0.25) is 0 Å². The number of nitrogens with one attached hydrogen (secondary N) is 1. The van der Waals surface area contributed by atoms with Gasteiger partial charge in [-0.05, 0) is 23.8 Å². The maximum atomic E-state index is 13.2. The van der Waals surface area contributed by atoms with Gasteiger partial charge >= 0.3 is 0 Å². The highest BCUT2D eigenvalue weighted by Crippen LogP contribution is 2.20. The van der Waals surface area contributed by atoms with Gasteiger partial charge in [0.15, 0.2) is 0 Å². The molecule has 0 spiro atoms. The molecule has 1 saturated heterocycles. The molecule has 0 amide bonds. The Bertz CT molecular complexity index is 444. The molecule has 17 heavy (non-hydrogen) atoms. The van der Waals surface area contributed by atoms with Crippen molar-refractivity contribution >= 4 is 15.9 Å². The second kappa shape index (κ2) is 5.58. The van der Waals surface area contributed by atoms with E-state index < -0.39 is 0 Å². The van der Waals surface area contributed by atoms with Gasteiger partial charge in [-0.1, -0.05) is 15.9 Å². The summed E-state index contributed by atoms with van der Waals surface area (Å²) in [6, 6.07) is 6.76. The average molecular weight is 298 g/mol. The molecule has 1 aliphatic heterocycles. The van der Waals surface area contributed by atoms with Gasteiger partial charge < -0.3 is 5.32 Å². The molecule has 1 aromatic carbocycles. The van der Waals surface area contributed by atoms with Crippen molar-refractivity contribution in [1.82, 2.24) is 10.2 Å². The predicted octanol–water partition coefficient (Wildman–Crippen LogP) is 1.89. The molecule has 1 N–H and O–H groups in total. The van der Waals surface area contributed by atoms with Crippen molar-refractivity contribution in [3.05, 3.63) is 34.1 Å². The molecule has 3 nitrogen and oxygen atoms in total. The van der Waals surface area contributed by atoms with Gasteiger partial charge in [-0.2, -0.15) is 5.26 Å². The first-order valence-electron chi connectivity index (χ1n) is 5.49. The molecule has 1 heterocycles. The zero-order valence-corrected chi connectivity index (χ0v) is 10.9. The van der Waals surface area contributed by atoms with Gasteiger partial charge in [0, 0.05) is 30.7 Å². The van der Waals surface area contributed by atoms with E-state index in [1.54, 1.807) is 6.07 Å². The summed E-state index contributed by atoms with van der Waals surface area (Å²) < 4.78 is 14.0. The third-order valence-corrected chi connectivity index (χ3v) is 3.66. The van der Waals surface area contributed by atoms with Crippen LogP contribution < -0.4 is 5.32 Å². The third-order valence-electron chi connectivity index (χ3n) is 2.88. The second-order valence-electron chi connectivity index (χ2n) is 4.06. The van der Waals surface area contributed by atoms with Gasteiger partial charge in [0.1, 0.15) is 11.9 Å². The zero-order valence-electron chi connectivity index (χ0n) is 9.29. The fourth-order valence-electron chi connectivity index (χ4n) is 1.95. The monoisotopic (exact) mass is 297 g/mol. The van der Waals surface area contributed by atoms with E-state index in [0.717, 1.165) is 23.1 Å². The Labute approximate surface area is 108 Å². The van der Waals surface area contributed by atoms with Crippen LogP contribution in [0.4, 0.5) is 4.39 Å². The first-order valence-corrected chi connectivity index (χ1v) is 6.28. The number of piperazine rings is 1. The Hall–Kier alpha value is -0.960. The van der Waals surface area contributed by atoms with Crippen molar-refractivity contribution in [2.75, 3.05) is 19.6 Å². The lowest BCUT2D eigenvalue weighted by atomic mass is 10.1. The van der Waals surface area contributed by atoms with Crippen molar-refractivity contribution in [2.45, 2.75) is 12.6 Å². The van der Waals surface area contributed by atoms with E-state index in [1.165, 1.54) is 12.1 Å². The Morgan fingerprint density at radius 3 is 3.18 bits per heavy atom. The van der Waals surface area contributed by atoms with Crippen molar-refractivity contribution < 1.29 is 4.39 Å². The van der Waals surface area contributed by atoms with E-state index in [1.807, 2.05) is 0 Å². The van der Waals surface area contributed by atoms with Gasteiger partial charge in [0.25, 0.3) is 0 Å². The number of hydrogen-bond acceptors (Lipinski definition) is 3. The Balaban J connectivity index is 2.14. The molecule has 0 aliphatic carbocycles. The molecule has 0 saturated carbocycles. The van der Waals surface area contributed by atoms with Crippen LogP contribution in [0.5, 0.6) is 0 Å². The van der Waals surface area contributed by atoms with Crippen LogP contribution in [0.2, 0.25) is 0 Å². The van der Waals surface area contributed by atoms with Crippen molar-refractivity contribution in [3.8, 4) is 6.07 Å². The summed E-state index contributed by atoms with van der Waals surface area (Å²) >= 11 is 3.41. The summed E-state index contributed by atoms with van der Waals surface area (Å²) in [5.74, 6) is -0.244. The molecular weight excluding hydrogens is 285 g/mol. The molecule has 5 heteroatoms. The lowest BCUT2D eigenvalue weighted by Crippen LogP contribution is -2.50. The fourth-order valence-corrected chi connectivity index (χ4v) is 2.32. The summed E-state index contributed by atoms with van der Waals surface area (Å²) in [6.07, 6.45) is 0. The number of nitriles is 1. The number of benzene rings is 1. The standard InChI is InChI=1S/C12H13BrFN3/c13-12-2-1-10(14)5-9(12)8-17-4-3-16-7-11(17)6-15/h1-2,5,11,16H,3-4,7-8H2. The summed E-state index contributed by atoms with van der Waals surface area (Å²) in [4.78, 5) is 2.07. The van der Waals surface area contributed by atoms with Crippen LogP contribution in [-0.4, -0.2) is 30.6 Å². The number of nitrogens with zero attached hydrogens (tertiary/aromatic N) is 2. The Kier molecular flexibility index (Phi) is 4.11. The van der Waals surface area contributed by atoms with Gasteiger partial charge in [-0.15, -0.1) is 0 Å². The number of halogens is 2. The van der Waals surface area contributed by atoms with Crippen LogP contribution in [-0.2, 0) is 6.54 Å². The highest BCUT2D eigenvalue weighted by molar-refractivity contribution is 9.10.